The number of nitrogens with one attached hydrogen (secondary N) is 1. The van der Waals surface area contributed by atoms with Gasteiger partial charge in [-0.15, -0.1) is 0 Å². The Bertz CT molecular complexity index is 940. The number of methoxy groups -OCH3 is 1. The number of hydrogen-bond acceptors (Lipinski definition) is 4. The van der Waals surface area contributed by atoms with Gasteiger partial charge in [0.1, 0.15) is 5.75 Å². The molecule has 3 amide bonds. The lowest BCUT2D eigenvalue weighted by atomic mass is 9.96. The Hall–Kier alpha value is -2.67. The van der Waals surface area contributed by atoms with Gasteiger partial charge in [-0.3, -0.25) is 19.3 Å². The van der Waals surface area contributed by atoms with Gasteiger partial charge in [0.05, 0.1) is 24.3 Å². The lowest BCUT2D eigenvalue weighted by Crippen LogP contribution is -2.36. The fourth-order valence-corrected chi connectivity index (χ4v) is 3.73. The first kappa shape index (κ1) is 21.0. The number of nitrogens with zero attached hydrogens (tertiary/aromatic N) is 1. The number of imide groups is 1. The van der Waals surface area contributed by atoms with Crippen molar-refractivity contribution < 1.29 is 19.1 Å². The molecule has 3 rings (SSSR count). The summed E-state index contributed by atoms with van der Waals surface area (Å²) in [5, 5.41) is 3.02. The number of amides is 3. The molecule has 0 saturated heterocycles. The second-order valence-electron chi connectivity index (χ2n) is 7.26. The molecule has 1 heterocycles. The van der Waals surface area contributed by atoms with Crippen LogP contribution in [0.2, 0.25) is 0 Å². The number of fused-ring (bicyclic) bond motifs is 1. The van der Waals surface area contributed by atoms with E-state index >= 15 is 0 Å². The van der Waals surface area contributed by atoms with E-state index in [2.05, 4.69) is 21.2 Å². The molecule has 1 aliphatic rings. The van der Waals surface area contributed by atoms with Gasteiger partial charge in [-0.2, -0.15) is 0 Å². The highest BCUT2D eigenvalue weighted by Gasteiger charge is 2.35. The van der Waals surface area contributed by atoms with Crippen LogP contribution in [0.5, 0.6) is 5.75 Å². The smallest absolute Gasteiger partial charge is 0.261 e. The van der Waals surface area contributed by atoms with Gasteiger partial charge in [-0.25, -0.2) is 0 Å². The summed E-state index contributed by atoms with van der Waals surface area (Å²) in [5.41, 5.74) is 1.71. The molecule has 1 atom stereocenters. The predicted octanol–water partition coefficient (Wildman–Crippen LogP) is 3.96. The van der Waals surface area contributed by atoms with Gasteiger partial charge >= 0.3 is 0 Å². The Morgan fingerprint density at radius 3 is 2.34 bits per heavy atom. The van der Waals surface area contributed by atoms with Crippen LogP contribution in [0.25, 0.3) is 0 Å². The molecule has 2 aromatic rings. The van der Waals surface area contributed by atoms with E-state index in [1.165, 1.54) is 0 Å². The minimum absolute atomic E-state index is 0.0449. The first-order valence-corrected chi connectivity index (χ1v) is 10.2. The van der Waals surface area contributed by atoms with Crippen LogP contribution in [0.4, 0.5) is 0 Å². The minimum atomic E-state index is -0.366. The van der Waals surface area contributed by atoms with Gasteiger partial charge < -0.3 is 10.1 Å². The van der Waals surface area contributed by atoms with Crippen LogP contribution in [-0.2, 0) is 4.79 Å². The summed E-state index contributed by atoms with van der Waals surface area (Å²) in [6, 6.07) is 12.4. The quantitative estimate of drug-likeness (QED) is 0.637. The van der Waals surface area contributed by atoms with Crippen LogP contribution in [-0.4, -0.2) is 36.3 Å². The zero-order chi connectivity index (χ0) is 21.1. The summed E-state index contributed by atoms with van der Waals surface area (Å²) in [5.74, 6) is -0.0170. The highest BCUT2D eigenvalue weighted by atomic mass is 79.9. The van der Waals surface area contributed by atoms with Crippen LogP contribution in [0.3, 0.4) is 0 Å². The average molecular weight is 459 g/mol. The van der Waals surface area contributed by atoms with Crippen molar-refractivity contribution in [2.45, 2.75) is 26.3 Å². The summed E-state index contributed by atoms with van der Waals surface area (Å²) in [7, 11) is 1.61. The number of benzene rings is 2. The molecule has 0 saturated carbocycles. The highest BCUT2D eigenvalue weighted by Crippen LogP contribution is 2.27. The summed E-state index contributed by atoms with van der Waals surface area (Å²) in [6.45, 7) is 4.09. The lowest BCUT2D eigenvalue weighted by molar-refractivity contribution is -0.122. The molecule has 1 unspecified atom stereocenters. The monoisotopic (exact) mass is 458 g/mol. The number of halogens is 1. The molecule has 0 spiro atoms. The predicted molar refractivity (Wildman–Crippen MR) is 113 cm³/mol. The lowest BCUT2D eigenvalue weighted by Gasteiger charge is -2.24. The topological polar surface area (TPSA) is 75.7 Å². The molecule has 1 N–H and O–H groups in total. The SMILES string of the molecule is COc1ccc(C(NC(=O)CCN2C(=O)c3ccc(Br)cc3C2=O)C(C)C)cc1. The van der Waals surface area contributed by atoms with Gasteiger partial charge in [0, 0.05) is 17.4 Å². The summed E-state index contributed by atoms with van der Waals surface area (Å²) >= 11 is 3.31. The number of ether oxygens (including phenoxy) is 1. The van der Waals surface area contributed by atoms with Crippen molar-refractivity contribution in [1.29, 1.82) is 0 Å². The maximum absolute atomic E-state index is 12.6. The van der Waals surface area contributed by atoms with Crippen LogP contribution in [0.1, 0.15) is 52.6 Å². The van der Waals surface area contributed by atoms with E-state index in [0.29, 0.717) is 11.1 Å². The second-order valence-corrected chi connectivity index (χ2v) is 8.18. The summed E-state index contributed by atoms with van der Waals surface area (Å²) in [6.07, 6.45) is 0.0476. The van der Waals surface area contributed by atoms with Gasteiger partial charge in [0.2, 0.25) is 5.91 Å². The minimum Gasteiger partial charge on any atom is -0.497 e. The molecule has 6 nitrogen and oxygen atoms in total. The van der Waals surface area contributed by atoms with Gasteiger partial charge in [0.25, 0.3) is 11.8 Å². The molecule has 0 bridgehead atoms. The first-order chi connectivity index (χ1) is 13.8. The largest absolute Gasteiger partial charge is 0.497 e. The fraction of sp³-hybridized carbons (Fsp3) is 0.318. The molecule has 7 heteroatoms. The summed E-state index contributed by atoms with van der Waals surface area (Å²) < 4.78 is 5.91. The van der Waals surface area contributed by atoms with Crippen LogP contribution in [0, 0.1) is 5.92 Å². The van der Waals surface area contributed by atoms with Crippen molar-refractivity contribution in [3.63, 3.8) is 0 Å². The second kappa shape index (κ2) is 8.78. The van der Waals surface area contributed by atoms with E-state index < -0.39 is 0 Å². The van der Waals surface area contributed by atoms with Gasteiger partial charge in [-0.1, -0.05) is 41.9 Å². The van der Waals surface area contributed by atoms with E-state index in [-0.39, 0.29) is 42.6 Å². The standard InChI is InChI=1S/C22H23BrN2O4/c1-13(2)20(14-4-7-16(29-3)8-5-14)24-19(26)10-11-25-21(27)17-9-6-15(23)12-18(17)22(25)28/h4-9,12-13,20H,10-11H2,1-3H3,(H,24,26). The van der Waals surface area contributed by atoms with Crippen molar-refractivity contribution in [2.75, 3.05) is 13.7 Å². The molecular weight excluding hydrogens is 436 g/mol. The van der Waals surface area contributed by atoms with Gasteiger partial charge in [0.15, 0.2) is 0 Å². The fourth-order valence-electron chi connectivity index (χ4n) is 3.37. The Morgan fingerprint density at radius 1 is 1.07 bits per heavy atom. The number of carbonyl (C=O) groups is 3. The van der Waals surface area contributed by atoms with Crippen molar-refractivity contribution in [2.24, 2.45) is 5.92 Å². The van der Waals surface area contributed by atoms with E-state index in [4.69, 9.17) is 4.74 Å². The number of carbonyl (C=O) groups excluding carboxylic acids is 3. The Balaban J connectivity index is 1.64. The Morgan fingerprint density at radius 2 is 1.72 bits per heavy atom. The van der Waals surface area contributed by atoms with E-state index in [0.717, 1.165) is 20.7 Å². The third-order valence-electron chi connectivity index (χ3n) is 4.95. The molecule has 0 fully saturated rings. The Labute approximate surface area is 178 Å². The molecular formula is C22H23BrN2O4. The van der Waals surface area contributed by atoms with Crippen molar-refractivity contribution in [3.8, 4) is 5.75 Å². The van der Waals surface area contributed by atoms with E-state index in [1.54, 1.807) is 25.3 Å². The van der Waals surface area contributed by atoms with Crippen LogP contribution < -0.4 is 10.1 Å². The molecule has 0 aliphatic carbocycles. The van der Waals surface area contributed by atoms with E-state index in [1.807, 2.05) is 38.1 Å². The third-order valence-corrected chi connectivity index (χ3v) is 5.45. The average Bonchev–Trinajstić information content (AvgIpc) is 2.94. The zero-order valence-corrected chi connectivity index (χ0v) is 18.2. The molecule has 29 heavy (non-hydrogen) atoms. The van der Waals surface area contributed by atoms with E-state index in [9.17, 15) is 14.4 Å². The maximum Gasteiger partial charge on any atom is 0.261 e. The molecule has 2 aromatic carbocycles. The van der Waals surface area contributed by atoms with Crippen molar-refractivity contribution in [1.82, 2.24) is 10.2 Å². The third kappa shape index (κ3) is 4.50. The number of hydrogen-bond donors (Lipinski definition) is 1. The molecule has 0 aromatic heterocycles. The number of rotatable bonds is 7. The summed E-state index contributed by atoms with van der Waals surface area (Å²) in [4.78, 5) is 38.7. The molecule has 0 radical (unpaired) electrons. The highest BCUT2D eigenvalue weighted by molar-refractivity contribution is 9.10. The van der Waals surface area contributed by atoms with Crippen LogP contribution in [0.15, 0.2) is 46.9 Å². The molecule has 152 valence electrons. The molecule has 1 aliphatic heterocycles. The van der Waals surface area contributed by atoms with Crippen molar-refractivity contribution in [3.05, 3.63) is 63.6 Å². The van der Waals surface area contributed by atoms with Crippen molar-refractivity contribution >= 4 is 33.7 Å². The Kier molecular flexibility index (Phi) is 6.37. The van der Waals surface area contributed by atoms with Crippen LogP contribution >= 0.6 is 15.9 Å². The normalized spacial score (nSPS) is 14.2. The first-order valence-electron chi connectivity index (χ1n) is 9.41. The maximum atomic E-state index is 12.6. The van der Waals surface area contributed by atoms with Gasteiger partial charge in [-0.05, 0) is 41.8 Å². The zero-order valence-electron chi connectivity index (χ0n) is 16.6.